The first-order valence-electron chi connectivity index (χ1n) is 13.3. The van der Waals surface area contributed by atoms with Crippen LogP contribution >= 0.6 is 24.8 Å². The van der Waals surface area contributed by atoms with Crippen LogP contribution in [0.4, 0.5) is 17.5 Å². The SMILES string of the molecule is CCCCCc1ccccc1Nc1nc(NC2CCC(N)CC2)nc2c1ncn2C1CCCC1.Cl.Cl. The van der Waals surface area contributed by atoms with Gasteiger partial charge < -0.3 is 20.9 Å². The number of nitrogens with two attached hydrogens (primary N) is 1. The van der Waals surface area contributed by atoms with Gasteiger partial charge in [-0.05, 0) is 63.0 Å². The topological polar surface area (TPSA) is 93.7 Å². The van der Waals surface area contributed by atoms with Crippen LogP contribution in [-0.4, -0.2) is 31.6 Å². The maximum Gasteiger partial charge on any atom is 0.227 e. The number of aryl methyl sites for hydroxylation is 1. The van der Waals surface area contributed by atoms with Crippen LogP contribution < -0.4 is 16.4 Å². The Balaban J connectivity index is 0.00000180. The highest BCUT2D eigenvalue weighted by Gasteiger charge is 2.24. The Morgan fingerprint density at radius 2 is 1.72 bits per heavy atom. The molecule has 0 saturated heterocycles. The third-order valence-corrected chi connectivity index (χ3v) is 7.56. The van der Waals surface area contributed by atoms with Gasteiger partial charge in [0.2, 0.25) is 5.95 Å². The van der Waals surface area contributed by atoms with Gasteiger partial charge in [-0.15, -0.1) is 24.8 Å². The number of para-hydroxylation sites is 1. The molecule has 2 aliphatic carbocycles. The number of aromatic nitrogens is 4. The molecule has 4 N–H and O–H groups in total. The second-order valence-electron chi connectivity index (χ2n) is 10.2. The Morgan fingerprint density at radius 1 is 0.972 bits per heavy atom. The van der Waals surface area contributed by atoms with E-state index in [-0.39, 0.29) is 24.8 Å². The van der Waals surface area contributed by atoms with Gasteiger partial charge in [-0.25, -0.2) is 4.98 Å². The lowest BCUT2D eigenvalue weighted by molar-refractivity contribution is 0.410. The van der Waals surface area contributed by atoms with Crippen LogP contribution in [0.2, 0.25) is 0 Å². The number of halogens is 2. The van der Waals surface area contributed by atoms with E-state index < -0.39 is 0 Å². The van der Waals surface area contributed by atoms with Gasteiger partial charge in [0.25, 0.3) is 0 Å². The summed E-state index contributed by atoms with van der Waals surface area (Å²) in [4.78, 5) is 14.7. The maximum absolute atomic E-state index is 6.13. The van der Waals surface area contributed by atoms with Crippen molar-refractivity contribution in [2.45, 2.75) is 102 Å². The number of rotatable bonds is 9. The van der Waals surface area contributed by atoms with Crippen molar-refractivity contribution in [3.05, 3.63) is 36.2 Å². The lowest BCUT2D eigenvalue weighted by atomic mass is 9.92. The molecule has 36 heavy (non-hydrogen) atoms. The number of fused-ring (bicyclic) bond motifs is 1. The molecule has 198 valence electrons. The highest BCUT2D eigenvalue weighted by atomic mass is 35.5. The van der Waals surface area contributed by atoms with Crippen molar-refractivity contribution >= 4 is 53.4 Å². The van der Waals surface area contributed by atoms with Crippen molar-refractivity contribution in [2.24, 2.45) is 5.73 Å². The summed E-state index contributed by atoms with van der Waals surface area (Å²) in [6.07, 6.45) is 15.9. The number of imidazole rings is 1. The quantitative estimate of drug-likeness (QED) is 0.258. The van der Waals surface area contributed by atoms with E-state index in [1.165, 1.54) is 50.5 Å². The molecule has 2 aliphatic rings. The van der Waals surface area contributed by atoms with Gasteiger partial charge in [0, 0.05) is 23.8 Å². The molecule has 2 fully saturated rings. The van der Waals surface area contributed by atoms with Crippen molar-refractivity contribution in [3.8, 4) is 0 Å². The Labute approximate surface area is 227 Å². The zero-order valence-electron chi connectivity index (χ0n) is 21.3. The van der Waals surface area contributed by atoms with Crippen molar-refractivity contribution in [3.63, 3.8) is 0 Å². The Hall–Kier alpha value is -2.09. The van der Waals surface area contributed by atoms with Crippen LogP contribution in [0.15, 0.2) is 30.6 Å². The van der Waals surface area contributed by atoms with Crippen LogP contribution in [0.3, 0.4) is 0 Å². The summed E-state index contributed by atoms with van der Waals surface area (Å²) < 4.78 is 2.28. The van der Waals surface area contributed by atoms with Gasteiger partial charge in [-0.1, -0.05) is 50.8 Å². The number of anilines is 3. The molecule has 3 aromatic rings. The summed E-state index contributed by atoms with van der Waals surface area (Å²) in [6, 6.07) is 9.76. The standard InChI is InChI=1S/C27H39N7.2ClH/c1-2-3-4-9-19-10-5-8-13-23(19)31-25-24-26(34(18-29-24)22-11-6-7-12-22)33-27(32-25)30-21-16-14-20(28)15-17-21;;/h5,8,10,13,18,20-22H,2-4,6-7,9,11-12,14-17,28H2,1H3,(H2,30,31,32,33);2*1H. The molecule has 2 aromatic heterocycles. The summed E-state index contributed by atoms with van der Waals surface area (Å²) in [5.74, 6) is 1.48. The summed E-state index contributed by atoms with van der Waals surface area (Å²) >= 11 is 0. The Bertz CT molecular complexity index is 1090. The zero-order valence-corrected chi connectivity index (χ0v) is 22.9. The van der Waals surface area contributed by atoms with Gasteiger partial charge in [-0.2, -0.15) is 9.97 Å². The first kappa shape index (κ1) is 28.5. The lowest BCUT2D eigenvalue weighted by Gasteiger charge is -2.27. The molecule has 0 aliphatic heterocycles. The van der Waals surface area contributed by atoms with E-state index in [4.69, 9.17) is 20.7 Å². The van der Waals surface area contributed by atoms with E-state index in [0.717, 1.165) is 54.8 Å². The van der Waals surface area contributed by atoms with E-state index >= 15 is 0 Å². The molecule has 0 bridgehead atoms. The van der Waals surface area contributed by atoms with Crippen molar-refractivity contribution in [1.29, 1.82) is 0 Å². The van der Waals surface area contributed by atoms with Crippen molar-refractivity contribution in [1.82, 2.24) is 19.5 Å². The van der Waals surface area contributed by atoms with Crippen LogP contribution in [0.5, 0.6) is 0 Å². The first-order chi connectivity index (χ1) is 16.7. The summed E-state index contributed by atoms with van der Waals surface area (Å²) in [5, 5.41) is 7.27. The number of unbranched alkanes of at least 4 members (excludes halogenated alkanes) is 2. The minimum absolute atomic E-state index is 0. The van der Waals surface area contributed by atoms with E-state index in [1.54, 1.807) is 0 Å². The monoisotopic (exact) mass is 533 g/mol. The van der Waals surface area contributed by atoms with Gasteiger partial charge >= 0.3 is 0 Å². The minimum Gasteiger partial charge on any atom is -0.351 e. The van der Waals surface area contributed by atoms with Gasteiger partial charge in [0.05, 0.1) is 6.33 Å². The fourth-order valence-corrected chi connectivity index (χ4v) is 5.52. The smallest absolute Gasteiger partial charge is 0.227 e. The highest BCUT2D eigenvalue weighted by molar-refractivity contribution is 5.87. The van der Waals surface area contributed by atoms with E-state index in [1.807, 2.05) is 6.33 Å². The normalized spacial score (nSPS) is 20.1. The molecule has 9 heteroatoms. The molecule has 5 rings (SSSR count). The molecule has 2 saturated carbocycles. The van der Waals surface area contributed by atoms with E-state index in [0.29, 0.717) is 24.1 Å². The van der Waals surface area contributed by atoms with Crippen molar-refractivity contribution < 1.29 is 0 Å². The fraction of sp³-hybridized carbons (Fsp3) is 0.593. The van der Waals surface area contributed by atoms with Crippen molar-refractivity contribution in [2.75, 3.05) is 10.6 Å². The van der Waals surface area contributed by atoms with Crippen LogP contribution in [0.25, 0.3) is 11.2 Å². The lowest BCUT2D eigenvalue weighted by Crippen LogP contribution is -2.33. The molecule has 0 unspecified atom stereocenters. The Morgan fingerprint density at radius 3 is 2.47 bits per heavy atom. The molecule has 1 aromatic carbocycles. The summed E-state index contributed by atoms with van der Waals surface area (Å²) in [5.41, 5.74) is 10.4. The number of nitrogens with zero attached hydrogens (tertiary/aromatic N) is 4. The van der Waals surface area contributed by atoms with E-state index in [9.17, 15) is 0 Å². The second-order valence-corrected chi connectivity index (χ2v) is 10.2. The molecular weight excluding hydrogens is 493 g/mol. The van der Waals surface area contributed by atoms with Crippen LogP contribution in [-0.2, 0) is 6.42 Å². The average Bonchev–Trinajstić information content (AvgIpc) is 3.52. The molecule has 7 nitrogen and oxygen atoms in total. The second kappa shape index (κ2) is 13.5. The van der Waals surface area contributed by atoms with Crippen LogP contribution in [0.1, 0.15) is 89.2 Å². The third kappa shape index (κ3) is 6.61. The number of benzene rings is 1. The largest absolute Gasteiger partial charge is 0.351 e. The predicted octanol–water partition coefficient (Wildman–Crippen LogP) is 6.94. The predicted molar refractivity (Wildman–Crippen MR) is 154 cm³/mol. The fourth-order valence-electron chi connectivity index (χ4n) is 5.52. The van der Waals surface area contributed by atoms with Gasteiger partial charge in [0.1, 0.15) is 0 Å². The molecule has 2 heterocycles. The van der Waals surface area contributed by atoms with E-state index in [2.05, 4.69) is 46.4 Å². The zero-order chi connectivity index (χ0) is 23.3. The number of hydrogen-bond acceptors (Lipinski definition) is 6. The summed E-state index contributed by atoms with van der Waals surface area (Å²) in [7, 11) is 0. The third-order valence-electron chi connectivity index (χ3n) is 7.56. The molecule has 0 amide bonds. The minimum atomic E-state index is 0. The first-order valence-corrected chi connectivity index (χ1v) is 13.3. The molecule has 0 radical (unpaired) electrons. The van der Waals surface area contributed by atoms with Gasteiger partial charge in [-0.3, -0.25) is 0 Å². The maximum atomic E-state index is 6.13. The Kier molecular flexibility index (Phi) is 10.6. The molecular formula is C27H41Cl2N7. The molecule has 0 atom stereocenters. The molecule has 0 spiro atoms. The summed E-state index contributed by atoms with van der Waals surface area (Å²) in [6.45, 7) is 2.25. The van der Waals surface area contributed by atoms with Gasteiger partial charge in [0.15, 0.2) is 17.0 Å². The van der Waals surface area contributed by atoms with Crippen LogP contribution in [0, 0.1) is 0 Å². The highest BCUT2D eigenvalue weighted by Crippen LogP contribution is 2.34. The number of nitrogens with one attached hydrogen (secondary N) is 2. The average molecular weight is 535 g/mol. The number of hydrogen-bond donors (Lipinski definition) is 3.